The first-order valence-electron chi connectivity index (χ1n) is 8.80. The number of hydrogen-bond donors (Lipinski definition) is 0. The molecule has 0 saturated heterocycles. The Hall–Kier alpha value is -2.15. The van der Waals surface area contributed by atoms with E-state index in [1.54, 1.807) is 33.9 Å². The van der Waals surface area contributed by atoms with E-state index in [0.717, 1.165) is 26.5 Å². The molecule has 3 heterocycles. The van der Waals surface area contributed by atoms with Crippen LogP contribution in [-0.2, 0) is 12.3 Å². The van der Waals surface area contributed by atoms with E-state index in [-0.39, 0.29) is 5.56 Å². The lowest BCUT2D eigenvalue weighted by Crippen LogP contribution is -2.24. The average Bonchev–Trinajstić information content (AvgIpc) is 2.97. The fraction of sp³-hybridized carbons (Fsp3) is 0.190. The fourth-order valence-corrected chi connectivity index (χ4v) is 5.21. The monoisotopic (exact) mass is 427 g/mol. The molecular weight excluding hydrogens is 410 g/mol. The van der Waals surface area contributed by atoms with Crippen LogP contribution in [0.4, 0.5) is 0 Å². The second-order valence-electron chi connectivity index (χ2n) is 6.49. The number of rotatable bonds is 5. The molecule has 0 amide bonds. The Kier molecular flexibility index (Phi) is 5.53. The van der Waals surface area contributed by atoms with Gasteiger partial charge in [-0.3, -0.25) is 14.3 Å². The standard InChI is InChI=1S/C21H18ClN3OS2/c1-13-14(2)28-19-18(13)20(26)25(11-17-8-3-4-9-23-17)21(24-19)27-12-15-6-5-7-16(22)10-15/h3-10H,11-12H2,1-2H3. The van der Waals surface area contributed by atoms with Crippen molar-refractivity contribution in [3.63, 3.8) is 0 Å². The normalized spacial score (nSPS) is 11.2. The molecule has 4 nitrogen and oxygen atoms in total. The Bertz CT molecular complexity index is 1200. The number of halogens is 1. The molecule has 0 aliphatic rings. The zero-order valence-electron chi connectivity index (χ0n) is 15.5. The van der Waals surface area contributed by atoms with Gasteiger partial charge in [0.15, 0.2) is 5.16 Å². The number of nitrogens with zero attached hydrogens (tertiary/aromatic N) is 3. The summed E-state index contributed by atoms with van der Waals surface area (Å²) in [4.78, 5) is 24.5. The van der Waals surface area contributed by atoms with Crippen molar-refractivity contribution in [3.8, 4) is 0 Å². The van der Waals surface area contributed by atoms with E-state index < -0.39 is 0 Å². The van der Waals surface area contributed by atoms with E-state index in [2.05, 4.69) is 4.98 Å². The van der Waals surface area contributed by atoms with Crippen molar-refractivity contribution in [2.24, 2.45) is 0 Å². The first-order valence-corrected chi connectivity index (χ1v) is 11.0. The molecule has 7 heteroatoms. The third-order valence-electron chi connectivity index (χ3n) is 4.56. The minimum Gasteiger partial charge on any atom is -0.281 e. The van der Waals surface area contributed by atoms with E-state index in [0.29, 0.717) is 27.9 Å². The molecule has 4 rings (SSSR count). The van der Waals surface area contributed by atoms with Gasteiger partial charge in [-0.05, 0) is 49.2 Å². The molecule has 0 aliphatic carbocycles. The van der Waals surface area contributed by atoms with Gasteiger partial charge in [0.05, 0.1) is 17.6 Å². The summed E-state index contributed by atoms with van der Waals surface area (Å²) in [7, 11) is 0. The van der Waals surface area contributed by atoms with Gasteiger partial charge in [0, 0.05) is 21.8 Å². The number of fused-ring (bicyclic) bond motifs is 1. The Morgan fingerprint density at radius 1 is 1.18 bits per heavy atom. The second-order valence-corrected chi connectivity index (χ2v) is 9.07. The van der Waals surface area contributed by atoms with Gasteiger partial charge >= 0.3 is 0 Å². The van der Waals surface area contributed by atoms with E-state index in [4.69, 9.17) is 16.6 Å². The van der Waals surface area contributed by atoms with Gasteiger partial charge in [-0.25, -0.2) is 4.98 Å². The van der Waals surface area contributed by atoms with Gasteiger partial charge < -0.3 is 0 Å². The number of thiophene rings is 1. The molecular formula is C21H18ClN3OS2. The zero-order valence-corrected chi connectivity index (χ0v) is 17.9. The lowest BCUT2D eigenvalue weighted by molar-refractivity contribution is 0.647. The zero-order chi connectivity index (χ0) is 19.7. The lowest BCUT2D eigenvalue weighted by Gasteiger charge is -2.12. The van der Waals surface area contributed by atoms with Crippen LogP contribution in [0.5, 0.6) is 0 Å². The summed E-state index contributed by atoms with van der Waals surface area (Å²) in [6, 6.07) is 13.5. The van der Waals surface area contributed by atoms with Crippen LogP contribution >= 0.6 is 34.7 Å². The van der Waals surface area contributed by atoms with Gasteiger partial charge in [-0.2, -0.15) is 0 Å². The summed E-state index contributed by atoms with van der Waals surface area (Å²) in [5.74, 6) is 0.685. The average molecular weight is 428 g/mol. The molecule has 0 radical (unpaired) electrons. The van der Waals surface area contributed by atoms with E-state index in [1.165, 1.54) is 0 Å². The first-order chi connectivity index (χ1) is 13.5. The Labute approximate surface area is 176 Å². The highest BCUT2D eigenvalue weighted by Gasteiger charge is 2.17. The number of aryl methyl sites for hydroxylation is 2. The second kappa shape index (κ2) is 8.07. The largest absolute Gasteiger partial charge is 0.281 e. The highest BCUT2D eigenvalue weighted by Crippen LogP contribution is 2.30. The summed E-state index contributed by atoms with van der Waals surface area (Å²) in [6.45, 7) is 4.42. The minimum atomic E-state index is -0.00824. The van der Waals surface area contributed by atoms with Gasteiger partial charge in [-0.1, -0.05) is 41.6 Å². The number of thioether (sulfide) groups is 1. The Morgan fingerprint density at radius 2 is 2.04 bits per heavy atom. The van der Waals surface area contributed by atoms with Crippen molar-refractivity contribution < 1.29 is 0 Å². The van der Waals surface area contributed by atoms with Crippen molar-refractivity contribution in [3.05, 3.63) is 85.7 Å². The summed E-state index contributed by atoms with van der Waals surface area (Å²) >= 11 is 9.22. The maximum absolute atomic E-state index is 13.3. The molecule has 1 aromatic carbocycles. The molecule has 4 aromatic rings. The van der Waals surface area contributed by atoms with E-state index in [1.807, 2.05) is 56.3 Å². The van der Waals surface area contributed by atoms with Crippen LogP contribution in [0.25, 0.3) is 10.2 Å². The minimum absolute atomic E-state index is 0.00824. The number of hydrogen-bond acceptors (Lipinski definition) is 5. The Balaban J connectivity index is 1.78. The van der Waals surface area contributed by atoms with Gasteiger partial charge in [0.1, 0.15) is 4.83 Å². The van der Waals surface area contributed by atoms with Crippen molar-refractivity contribution >= 4 is 44.9 Å². The maximum atomic E-state index is 13.3. The molecule has 0 fully saturated rings. The van der Waals surface area contributed by atoms with Crippen LogP contribution in [0.3, 0.4) is 0 Å². The molecule has 0 bridgehead atoms. The summed E-state index contributed by atoms with van der Waals surface area (Å²) in [5.41, 5.74) is 2.93. The topological polar surface area (TPSA) is 47.8 Å². The van der Waals surface area contributed by atoms with Crippen LogP contribution in [0.2, 0.25) is 5.02 Å². The number of aromatic nitrogens is 3. The fourth-order valence-electron chi connectivity index (χ4n) is 2.99. The van der Waals surface area contributed by atoms with Crippen molar-refractivity contribution in [2.45, 2.75) is 31.3 Å². The lowest BCUT2D eigenvalue weighted by atomic mass is 10.2. The highest BCUT2D eigenvalue weighted by molar-refractivity contribution is 7.98. The van der Waals surface area contributed by atoms with Gasteiger partial charge in [0.2, 0.25) is 0 Å². The molecule has 28 heavy (non-hydrogen) atoms. The molecule has 0 N–H and O–H groups in total. The predicted octanol–water partition coefficient (Wildman–Crippen LogP) is 5.46. The SMILES string of the molecule is Cc1sc2nc(SCc3cccc(Cl)c3)n(Cc3ccccn3)c(=O)c2c1C. The molecule has 0 unspecified atom stereocenters. The van der Waals surface area contributed by atoms with Gasteiger partial charge in [-0.15, -0.1) is 11.3 Å². The highest BCUT2D eigenvalue weighted by atomic mass is 35.5. The van der Waals surface area contributed by atoms with E-state index >= 15 is 0 Å². The Morgan fingerprint density at radius 3 is 2.79 bits per heavy atom. The van der Waals surface area contributed by atoms with Crippen molar-refractivity contribution in [1.82, 2.24) is 14.5 Å². The van der Waals surface area contributed by atoms with E-state index in [9.17, 15) is 4.79 Å². The van der Waals surface area contributed by atoms with Crippen LogP contribution < -0.4 is 5.56 Å². The number of pyridine rings is 1. The quantitative estimate of drug-likeness (QED) is 0.313. The smallest absolute Gasteiger partial charge is 0.263 e. The molecule has 0 spiro atoms. The summed E-state index contributed by atoms with van der Waals surface area (Å²) < 4.78 is 1.74. The maximum Gasteiger partial charge on any atom is 0.263 e. The predicted molar refractivity (Wildman–Crippen MR) is 118 cm³/mol. The van der Waals surface area contributed by atoms with Crippen LogP contribution in [-0.4, -0.2) is 14.5 Å². The van der Waals surface area contributed by atoms with Crippen LogP contribution in [0.1, 0.15) is 21.7 Å². The first kappa shape index (κ1) is 19.2. The third kappa shape index (κ3) is 3.85. The molecule has 0 saturated carbocycles. The summed E-state index contributed by atoms with van der Waals surface area (Å²) in [6.07, 6.45) is 1.74. The molecule has 0 atom stereocenters. The molecule has 0 aliphatic heterocycles. The van der Waals surface area contributed by atoms with Crippen LogP contribution in [0, 0.1) is 13.8 Å². The van der Waals surface area contributed by atoms with Crippen LogP contribution in [0.15, 0.2) is 58.6 Å². The molecule has 142 valence electrons. The summed E-state index contributed by atoms with van der Waals surface area (Å²) in [5, 5.41) is 2.12. The number of benzene rings is 1. The third-order valence-corrected chi connectivity index (χ3v) is 6.94. The molecule has 3 aromatic heterocycles. The van der Waals surface area contributed by atoms with Crippen molar-refractivity contribution in [2.75, 3.05) is 0 Å². The van der Waals surface area contributed by atoms with Crippen molar-refractivity contribution in [1.29, 1.82) is 0 Å². The van der Waals surface area contributed by atoms with Gasteiger partial charge in [0.25, 0.3) is 5.56 Å².